The lowest BCUT2D eigenvalue weighted by Gasteiger charge is -2.19. The number of ether oxygens (including phenoxy) is 1. The van der Waals surface area contributed by atoms with Gasteiger partial charge in [-0.2, -0.15) is 0 Å². The quantitative estimate of drug-likeness (QED) is 0.362. The van der Waals surface area contributed by atoms with Crippen molar-refractivity contribution in [3.05, 3.63) is 34.1 Å². The molecule has 7 heteroatoms. The first-order valence-corrected chi connectivity index (χ1v) is 6.22. The fraction of sp³-hybridized carbons (Fsp3) is 0.385. The van der Waals surface area contributed by atoms with E-state index in [1.54, 1.807) is 0 Å². The van der Waals surface area contributed by atoms with Crippen molar-refractivity contribution >= 4 is 23.7 Å². The summed E-state index contributed by atoms with van der Waals surface area (Å²) in [5.74, 6) is -0.958. The van der Waals surface area contributed by atoms with E-state index < -0.39 is 22.9 Å². The van der Waals surface area contributed by atoms with Crippen LogP contribution in [0.4, 0.5) is 5.88 Å². The van der Waals surface area contributed by atoms with Crippen molar-refractivity contribution < 1.29 is 23.7 Å². The predicted molar refractivity (Wildman–Crippen MR) is 67.8 cm³/mol. The first-order chi connectivity index (χ1) is 9.56. The van der Waals surface area contributed by atoms with Crippen LogP contribution in [0.15, 0.2) is 22.6 Å². The summed E-state index contributed by atoms with van der Waals surface area (Å²) in [6, 6.07) is 2.56. The van der Waals surface area contributed by atoms with Crippen LogP contribution < -0.4 is 0 Å². The molecule has 1 aliphatic rings. The van der Waals surface area contributed by atoms with E-state index in [2.05, 4.69) is 0 Å². The molecule has 1 heterocycles. The molecular weight excluding hydrogens is 266 g/mol. The zero-order chi connectivity index (χ0) is 14.5. The number of carbonyl (C=O) groups is 2. The lowest BCUT2D eigenvalue weighted by molar-refractivity contribution is -0.402. The van der Waals surface area contributed by atoms with Gasteiger partial charge in [-0.15, -0.1) is 0 Å². The number of Topliss-reactive ketones (excluding diaryl/α,β-unsaturated/α-hetero) is 1. The fourth-order valence-corrected chi connectivity index (χ4v) is 1.94. The maximum absolute atomic E-state index is 11.5. The van der Waals surface area contributed by atoms with Gasteiger partial charge in [0.15, 0.2) is 11.9 Å². The maximum atomic E-state index is 11.5. The molecule has 106 valence electrons. The summed E-state index contributed by atoms with van der Waals surface area (Å²) in [7, 11) is 0. The van der Waals surface area contributed by atoms with Gasteiger partial charge in [-0.3, -0.25) is 14.9 Å². The summed E-state index contributed by atoms with van der Waals surface area (Å²) in [6.07, 6.45) is 4.35. The van der Waals surface area contributed by atoms with Crippen LogP contribution in [0.25, 0.3) is 6.08 Å². The molecule has 0 aliphatic heterocycles. The van der Waals surface area contributed by atoms with Gasteiger partial charge in [0.25, 0.3) is 0 Å². The van der Waals surface area contributed by atoms with Crippen molar-refractivity contribution in [3.63, 3.8) is 0 Å². The van der Waals surface area contributed by atoms with E-state index in [9.17, 15) is 19.7 Å². The van der Waals surface area contributed by atoms with Crippen molar-refractivity contribution in [2.24, 2.45) is 0 Å². The highest BCUT2D eigenvalue weighted by Crippen LogP contribution is 2.19. The van der Waals surface area contributed by atoms with Crippen LogP contribution in [-0.2, 0) is 14.3 Å². The molecule has 1 saturated carbocycles. The normalized spacial score (nSPS) is 19.2. The standard InChI is InChI=1S/C13H13NO6/c15-10-3-1-2-4-11(10)20-13(16)8-6-9-5-7-12(19-9)14(17)18/h5-8,11H,1-4H2/b8-6+/t11-/m1/s1. The molecule has 20 heavy (non-hydrogen) atoms. The van der Waals surface area contributed by atoms with Gasteiger partial charge in [-0.25, -0.2) is 4.79 Å². The van der Waals surface area contributed by atoms with Gasteiger partial charge < -0.3 is 9.15 Å². The molecule has 1 atom stereocenters. The third kappa shape index (κ3) is 3.53. The highest BCUT2D eigenvalue weighted by atomic mass is 16.6. The van der Waals surface area contributed by atoms with Crippen molar-refractivity contribution in [1.29, 1.82) is 0 Å². The Kier molecular flexibility index (Phi) is 4.29. The number of rotatable bonds is 4. The molecule has 2 rings (SSSR count). The van der Waals surface area contributed by atoms with Crippen molar-refractivity contribution in [2.75, 3.05) is 0 Å². The minimum Gasteiger partial charge on any atom is -0.451 e. The molecule has 0 spiro atoms. The third-order valence-corrected chi connectivity index (χ3v) is 2.93. The molecule has 0 amide bonds. The molecule has 1 aromatic heterocycles. The Morgan fingerprint density at radius 3 is 2.90 bits per heavy atom. The molecule has 0 radical (unpaired) electrons. The Hall–Kier alpha value is -2.44. The Morgan fingerprint density at radius 1 is 1.45 bits per heavy atom. The molecule has 0 unspecified atom stereocenters. The number of hydrogen-bond acceptors (Lipinski definition) is 6. The number of nitro groups is 1. The molecule has 0 saturated heterocycles. The average molecular weight is 279 g/mol. The van der Waals surface area contributed by atoms with Gasteiger partial charge in [0.05, 0.1) is 6.07 Å². The van der Waals surface area contributed by atoms with Crippen LogP contribution in [0, 0.1) is 10.1 Å². The Morgan fingerprint density at radius 2 is 2.25 bits per heavy atom. The van der Waals surface area contributed by atoms with E-state index in [1.807, 2.05) is 0 Å². The Bertz CT molecular complexity index is 559. The minimum atomic E-state index is -0.674. The highest BCUT2D eigenvalue weighted by molar-refractivity contribution is 5.91. The second kappa shape index (κ2) is 6.14. The van der Waals surface area contributed by atoms with Gasteiger partial charge in [0.1, 0.15) is 10.7 Å². The second-order valence-corrected chi connectivity index (χ2v) is 4.40. The van der Waals surface area contributed by atoms with Crippen LogP contribution >= 0.6 is 0 Å². The van der Waals surface area contributed by atoms with Crippen LogP contribution in [0.1, 0.15) is 31.4 Å². The summed E-state index contributed by atoms with van der Waals surface area (Å²) < 4.78 is 9.87. The van der Waals surface area contributed by atoms with Crippen molar-refractivity contribution in [1.82, 2.24) is 0 Å². The molecule has 7 nitrogen and oxygen atoms in total. The van der Waals surface area contributed by atoms with E-state index in [4.69, 9.17) is 9.15 Å². The third-order valence-electron chi connectivity index (χ3n) is 2.93. The monoisotopic (exact) mass is 279 g/mol. The molecular formula is C13H13NO6. The summed E-state index contributed by atoms with van der Waals surface area (Å²) in [6.45, 7) is 0. The van der Waals surface area contributed by atoms with Crippen molar-refractivity contribution in [2.45, 2.75) is 31.8 Å². The largest absolute Gasteiger partial charge is 0.451 e. The van der Waals surface area contributed by atoms with E-state index in [1.165, 1.54) is 18.2 Å². The Labute approximate surface area is 114 Å². The van der Waals surface area contributed by atoms with Gasteiger partial charge in [-0.1, -0.05) is 0 Å². The number of nitrogens with zero attached hydrogens (tertiary/aromatic N) is 1. The summed E-state index contributed by atoms with van der Waals surface area (Å²) in [5.41, 5.74) is 0. The van der Waals surface area contributed by atoms with E-state index in [0.29, 0.717) is 12.8 Å². The number of furan rings is 1. The van der Waals surface area contributed by atoms with Crippen LogP contribution in [-0.4, -0.2) is 22.8 Å². The number of ketones is 1. The first kappa shape index (κ1) is 14.0. The summed E-state index contributed by atoms with van der Waals surface area (Å²) in [5, 5.41) is 10.4. The highest BCUT2D eigenvalue weighted by Gasteiger charge is 2.24. The predicted octanol–water partition coefficient (Wildman–Crippen LogP) is 2.26. The SMILES string of the molecule is O=C(/C=C/c1ccc([N+](=O)[O-])o1)O[C@@H]1CCCCC1=O. The van der Waals surface area contributed by atoms with Gasteiger partial charge in [-0.05, 0) is 31.4 Å². The van der Waals surface area contributed by atoms with Gasteiger partial charge in [0, 0.05) is 12.5 Å². The maximum Gasteiger partial charge on any atom is 0.433 e. The van der Waals surface area contributed by atoms with Gasteiger partial charge >= 0.3 is 11.9 Å². The van der Waals surface area contributed by atoms with Crippen LogP contribution in [0.5, 0.6) is 0 Å². The van der Waals surface area contributed by atoms with E-state index >= 15 is 0 Å². The summed E-state index contributed by atoms with van der Waals surface area (Å²) in [4.78, 5) is 32.8. The molecule has 1 aromatic rings. The molecule has 0 aromatic carbocycles. The van der Waals surface area contributed by atoms with E-state index in [-0.39, 0.29) is 11.5 Å². The van der Waals surface area contributed by atoms with Gasteiger partial charge in [0.2, 0.25) is 0 Å². The van der Waals surface area contributed by atoms with Crippen molar-refractivity contribution in [3.8, 4) is 0 Å². The zero-order valence-corrected chi connectivity index (χ0v) is 10.6. The molecule has 0 N–H and O–H groups in total. The average Bonchev–Trinajstić information content (AvgIpc) is 2.88. The van der Waals surface area contributed by atoms with Crippen LogP contribution in [0.3, 0.4) is 0 Å². The van der Waals surface area contributed by atoms with Crippen LogP contribution in [0.2, 0.25) is 0 Å². The number of carbonyl (C=O) groups excluding carboxylic acids is 2. The topological polar surface area (TPSA) is 99.7 Å². The lowest BCUT2D eigenvalue weighted by Crippen LogP contribution is -2.29. The lowest BCUT2D eigenvalue weighted by atomic mass is 9.96. The zero-order valence-electron chi connectivity index (χ0n) is 10.6. The molecule has 1 aliphatic carbocycles. The Balaban J connectivity index is 1.91. The summed E-state index contributed by atoms with van der Waals surface area (Å²) >= 11 is 0. The second-order valence-electron chi connectivity index (χ2n) is 4.40. The van der Waals surface area contributed by atoms with E-state index in [0.717, 1.165) is 18.9 Å². The minimum absolute atomic E-state index is 0.0633. The molecule has 1 fully saturated rings. The number of esters is 1. The first-order valence-electron chi connectivity index (χ1n) is 6.22. The fourth-order valence-electron chi connectivity index (χ4n) is 1.94. The smallest absolute Gasteiger partial charge is 0.433 e. The molecule has 0 bridgehead atoms. The number of hydrogen-bond donors (Lipinski definition) is 0.